The normalized spacial score (nSPS) is 29.7. The van der Waals surface area contributed by atoms with Crippen LogP contribution in [0.2, 0.25) is 0 Å². The molecule has 2 bridgehead atoms. The number of piperidine rings is 1. The van der Waals surface area contributed by atoms with Crippen LogP contribution >= 0.6 is 0 Å². The Morgan fingerprint density at radius 3 is 2.40 bits per heavy atom. The molecule has 2 aliphatic carbocycles. The third-order valence-electron chi connectivity index (χ3n) is 5.40. The molecule has 0 aromatic heterocycles. The van der Waals surface area contributed by atoms with E-state index in [2.05, 4.69) is 15.1 Å². The van der Waals surface area contributed by atoms with Gasteiger partial charge in [0.25, 0.3) is 5.91 Å². The molecular weight excluding hydrogens is 356 g/mol. The van der Waals surface area contributed by atoms with E-state index in [4.69, 9.17) is 4.55 Å². The van der Waals surface area contributed by atoms with Crippen molar-refractivity contribution in [1.82, 2.24) is 20.8 Å². The molecule has 4 rings (SSSR count). The second-order valence-corrected chi connectivity index (χ2v) is 8.12. The fraction of sp³-hybridized carbons (Fsp3) is 0.769. The number of nitrogens with zero attached hydrogens (tertiary/aromatic N) is 2. The number of amides is 4. The Labute approximate surface area is 143 Å². The smallest absolute Gasteiger partial charge is 0.309 e. The molecule has 2 atom stereocenters. The van der Waals surface area contributed by atoms with E-state index in [1.807, 2.05) is 0 Å². The summed E-state index contributed by atoms with van der Waals surface area (Å²) in [5.41, 5.74) is 4.29. The molecule has 2 saturated carbocycles. The van der Waals surface area contributed by atoms with E-state index in [-0.39, 0.29) is 18.4 Å². The molecule has 2 heterocycles. The van der Waals surface area contributed by atoms with E-state index < -0.39 is 39.8 Å². The van der Waals surface area contributed by atoms with Gasteiger partial charge in [-0.25, -0.2) is 4.79 Å². The van der Waals surface area contributed by atoms with Gasteiger partial charge in [0.2, 0.25) is 5.91 Å². The van der Waals surface area contributed by atoms with Gasteiger partial charge in [0, 0.05) is 12.5 Å². The van der Waals surface area contributed by atoms with Crippen LogP contribution in [0.1, 0.15) is 32.1 Å². The first-order chi connectivity index (χ1) is 11.7. The third-order valence-corrected chi connectivity index (χ3v) is 5.75. The van der Waals surface area contributed by atoms with Crippen molar-refractivity contribution in [2.45, 2.75) is 44.2 Å². The molecule has 11 nitrogen and oxygen atoms in total. The highest BCUT2D eigenvalue weighted by molar-refractivity contribution is 7.80. The highest BCUT2D eigenvalue weighted by Crippen LogP contribution is 2.59. The van der Waals surface area contributed by atoms with Gasteiger partial charge >= 0.3 is 16.4 Å². The van der Waals surface area contributed by atoms with E-state index in [1.165, 1.54) is 4.90 Å². The maximum atomic E-state index is 12.4. The maximum absolute atomic E-state index is 12.4. The molecule has 138 valence electrons. The fourth-order valence-electron chi connectivity index (χ4n) is 3.70. The van der Waals surface area contributed by atoms with Crippen LogP contribution in [0.15, 0.2) is 0 Å². The van der Waals surface area contributed by atoms with Crippen LogP contribution in [0.3, 0.4) is 0 Å². The molecule has 2 aliphatic heterocycles. The lowest BCUT2D eigenvalue weighted by molar-refractivity contribution is -0.133. The minimum Gasteiger partial charge on any atom is -0.309 e. The molecule has 0 radical (unpaired) electrons. The largest absolute Gasteiger partial charge is 0.418 e. The van der Waals surface area contributed by atoms with Crippen LogP contribution < -0.4 is 10.9 Å². The first-order valence-corrected chi connectivity index (χ1v) is 9.43. The number of hydrogen-bond donors (Lipinski definition) is 3. The van der Waals surface area contributed by atoms with Crippen molar-refractivity contribution < 1.29 is 31.6 Å². The maximum Gasteiger partial charge on any atom is 0.418 e. The molecule has 2 unspecified atom stereocenters. The van der Waals surface area contributed by atoms with E-state index in [1.54, 1.807) is 0 Å². The first kappa shape index (κ1) is 16.5. The molecule has 1 spiro atoms. The van der Waals surface area contributed by atoms with Gasteiger partial charge < -0.3 is 4.90 Å². The highest BCUT2D eigenvalue weighted by Gasteiger charge is 2.65. The summed E-state index contributed by atoms with van der Waals surface area (Å²) in [5.74, 6) is -0.856. The van der Waals surface area contributed by atoms with Gasteiger partial charge in [0.05, 0.1) is 6.04 Å². The first-order valence-electron chi connectivity index (χ1n) is 8.07. The van der Waals surface area contributed by atoms with E-state index >= 15 is 0 Å². The van der Waals surface area contributed by atoms with Crippen molar-refractivity contribution in [2.75, 3.05) is 6.54 Å². The lowest BCUT2D eigenvalue weighted by Crippen LogP contribution is -2.56. The number of carbonyl (C=O) groups is 3. The summed E-state index contributed by atoms with van der Waals surface area (Å²) in [6.07, 6.45) is 3.38. The van der Waals surface area contributed by atoms with Gasteiger partial charge in [-0.15, -0.1) is 4.28 Å². The minimum atomic E-state index is -4.84. The zero-order chi connectivity index (χ0) is 18.0. The topological polar surface area (TPSA) is 145 Å². The van der Waals surface area contributed by atoms with Crippen molar-refractivity contribution in [3.05, 3.63) is 0 Å². The summed E-state index contributed by atoms with van der Waals surface area (Å²) in [6, 6.07) is -2.16. The van der Waals surface area contributed by atoms with Crippen LogP contribution in [0.5, 0.6) is 0 Å². The van der Waals surface area contributed by atoms with Gasteiger partial charge in [0.1, 0.15) is 6.04 Å². The number of nitrogens with one attached hydrogen (secondary N) is 2. The van der Waals surface area contributed by atoms with E-state index in [9.17, 15) is 22.8 Å². The van der Waals surface area contributed by atoms with Crippen molar-refractivity contribution in [2.24, 2.45) is 11.3 Å². The van der Waals surface area contributed by atoms with Crippen molar-refractivity contribution in [1.29, 1.82) is 0 Å². The molecule has 0 aromatic rings. The molecule has 25 heavy (non-hydrogen) atoms. The number of rotatable bonds is 4. The number of hydroxylamine groups is 2. The van der Waals surface area contributed by atoms with Gasteiger partial charge in [-0.05, 0) is 37.5 Å². The summed E-state index contributed by atoms with van der Waals surface area (Å²) < 4.78 is 35.3. The monoisotopic (exact) mass is 374 g/mol. The summed E-state index contributed by atoms with van der Waals surface area (Å²) in [7, 11) is -4.84. The van der Waals surface area contributed by atoms with Gasteiger partial charge in [-0.2, -0.15) is 13.5 Å². The molecule has 3 N–H and O–H groups in total. The molecule has 4 amide bonds. The predicted molar refractivity (Wildman–Crippen MR) is 79.4 cm³/mol. The summed E-state index contributed by atoms with van der Waals surface area (Å²) in [4.78, 5) is 37.7. The molecule has 4 aliphatic rings. The Balaban J connectivity index is 1.49. The van der Waals surface area contributed by atoms with Crippen LogP contribution in [0.4, 0.5) is 4.79 Å². The standard InChI is InChI=1S/C13H18N4O7S/c18-10(7-1-2-7)14-15-11(19)8-5-13(3-4-13)9-6-16(8)12(20)17(9)24-25(21,22)23/h7-9H,1-6H2,(H,14,18)(H,15,19)(H,21,22,23). The van der Waals surface area contributed by atoms with Crippen LogP contribution in [-0.2, 0) is 24.3 Å². The predicted octanol–water partition coefficient (Wildman–Crippen LogP) is -1.06. The van der Waals surface area contributed by atoms with Gasteiger partial charge in [0.15, 0.2) is 0 Å². The Morgan fingerprint density at radius 2 is 1.84 bits per heavy atom. The van der Waals surface area contributed by atoms with Gasteiger partial charge in [-0.3, -0.25) is 25.0 Å². The zero-order valence-electron chi connectivity index (χ0n) is 13.2. The Bertz CT molecular complexity index is 745. The Morgan fingerprint density at radius 1 is 1.20 bits per heavy atom. The lowest BCUT2D eigenvalue weighted by Gasteiger charge is -2.35. The summed E-state index contributed by atoms with van der Waals surface area (Å²) in [6.45, 7) is 0.128. The van der Waals surface area contributed by atoms with Crippen LogP contribution in [0.25, 0.3) is 0 Å². The fourth-order valence-corrected chi connectivity index (χ4v) is 4.07. The Hall–Kier alpha value is -1.92. The van der Waals surface area contributed by atoms with E-state index in [0.717, 1.165) is 25.7 Å². The Kier molecular flexibility index (Phi) is 3.50. The molecule has 4 fully saturated rings. The number of hydrazine groups is 1. The van der Waals surface area contributed by atoms with Crippen LogP contribution in [-0.4, -0.2) is 59.4 Å². The average Bonchev–Trinajstić information content (AvgIpc) is 3.44. The van der Waals surface area contributed by atoms with Crippen molar-refractivity contribution in [3.63, 3.8) is 0 Å². The molecule has 2 saturated heterocycles. The summed E-state index contributed by atoms with van der Waals surface area (Å²) >= 11 is 0. The average molecular weight is 374 g/mol. The SMILES string of the molecule is O=C(NNC(=O)C1CC2(CC2)C2CN1C(=O)N2OS(=O)(=O)O)C1CC1. The molecule has 0 aromatic carbocycles. The van der Waals surface area contributed by atoms with Crippen LogP contribution in [0, 0.1) is 11.3 Å². The minimum absolute atomic E-state index is 0.0714. The van der Waals surface area contributed by atoms with Crippen molar-refractivity contribution in [3.8, 4) is 0 Å². The number of hydrogen-bond acceptors (Lipinski definition) is 6. The number of carbonyl (C=O) groups excluding carboxylic acids is 3. The molecule has 12 heteroatoms. The number of fused-ring (bicyclic) bond motifs is 3. The van der Waals surface area contributed by atoms with Gasteiger partial charge in [-0.1, -0.05) is 0 Å². The molecular formula is C13H18N4O7S. The van der Waals surface area contributed by atoms with Crippen molar-refractivity contribution >= 4 is 28.2 Å². The number of urea groups is 1. The summed E-state index contributed by atoms with van der Waals surface area (Å²) in [5, 5.41) is 0.651. The highest BCUT2D eigenvalue weighted by atomic mass is 32.3. The zero-order valence-corrected chi connectivity index (χ0v) is 14.0. The quantitative estimate of drug-likeness (QED) is 0.420. The second-order valence-electron chi connectivity index (χ2n) is 7.11. The second kappa shape index (κ2) is 5.29. The lowest BCUT2D eigenvalue weighted by atomic mass is 9.85. The third kappa shape index (κ3) is 2.93. The van der Waals surface area contributed by atoms with E-state index in [0.29, 0.717) is 11.5 Å².